The van der Waals surface area contributed by atoms with Crippen molar-refractivity contribution < 1.29 is 29.0 Å². The lowest BCUT2D eigenvalue weighted by Gasteiger charge is -2.19. The van der Waals surface area contributed by atoms with Gasteiger partial charge in [-0.1, -0.05) is 0 Å². The highest BCUT2D eigenvalue weighted by atomic mass is 16.7. The number of aromatic amines is 1. The average Bonchev–Trinajstić information content (AvgIpc) is 3.38. The second kappa shape index (κ2) is 8.25. The van der Waals surface area contributed by atoms with Crippen LogP contribution in [0.2, 0.25) is 0 Å². The van der Waals surface area contributed by atoms with Gasteiger partial charge in [-0.3, -0.25) is 14.4 Å². The van der Waals surface area contributed by atoms with Gasteiger partial charge in [0.25, 0.3) is 5.91 Å². The van der Waals surface area contributed by atoms with Crippen molar-refractivity contribution in [2.45, 2.75) is 25.6 Å². The Balaban J connectivity index is 1.34. The maximum absolute atomic E-state index is 13.1. The van der Waals surface area contributed by atoms with Crippen LogP contribution in [0.25, 0.3) is 11.0 Å². The van der Waals surface area contributed by atoms with Crippen LogP contribution in [0.3, 0.4) is 0 Å². The number of likely N-dealkylation sites (N-methyl/N-ethyl adjacent to an activating group) is 1. The number of fused-ring (bicyclic) bond motifs is 3. The lowest BCUT2D eigenvalue weighted by atomic mass is 10.1. The van der Waals surface area contributed by atoms with E-state index >= 15 is 0 Å². The van der Waals surface area contributed by atoms with Crippen LogP contribution in [0.15, 0.2) is 30.3 Å². The van der Waals surface area contributed by atoms with E-state index in [4.69, 9.17) is 14.6 Å². The predicted molar refractivity (Wildman–Crippen MR) is 121 cm³/mol. The molecule has 2 amide bonds. The second-order valence-electron chi connectivity index (χ2n) is 8.43. The van der Waals surface area contributed by atoms with Gasteiger partial charge in [0.2, 0.25) is 12.7 Å². The zero-order chi connectivity index (χ0) is 24.0. The van der Waals surface area contributed by atoms with Gasteiger partial charge >= 0.3 is 5.97 Å². The number of rotatable bonds is 5. The van der Waals surface area contributed by atoms with E-state index in [0.29, 0.717) is 28.6 Å². The highest BCUT2D eigenvalue weighted by Gasteiger charge is 2.29. The molecule has 1 aromatic heterocycles. The SMILES string of the molecule is CN(Cc1nc2cc3c(cc2[nH]1)OCO3)C(=O)c1ccc2c(c1)CN(C)C(=O)[C@H](CC(=O)O)N2. The molecule has 0 bridgehead atoms. The van der Waals surface area contributed by atoms with Crippen molar-refractivity contribution in [2.24, 2.45) is 0 Å². The van der Waals surface area contributed by atoms with Gasteiger partial charge in [-0.05, 0) is 23.8 Å². The molecule has 11 nitrogen and oxygen atoms in total. The van der Waals surface area contributed by atoms with Crippen molar-refractivity contribution >= 4 is 34.5 Å². The van der Waals surface area contributed by atoms with Crippen molar-refractivity contribution in [1.82, 2.24) is 19.8 Å². The minimum Gasteiger partial charge on any atom is -0.481 e. The fraction of sp³-hybridized carbons (Fsp3) is 0.304. The fourth-order valence-electron chi connectivity index (χ4n) is 4.20. The summed E-state index contributed by atoms with van der Waals surface area (Å²) in [6.45, 7) is 0.710. The molecule has 3 N–H and O–H groups in total. The van der Waals surface area contributed by atoms with Crippen LogP contribution >= 0.6 is 0 Å². The molecule has 2 aliphatic heterocycles. The van der Waals surface area contributed by atoms with E-state index in [-0.39, 0.29) is 38.1 Å². The monoisotopic (exact) mass is 465 g/mol. The summed E-state index contributed by atoms with van der Waals surface area (Å²) in [5, 5.41) is 12.1. The predicted octanol–water partition coefficient (Wildman–Crippen LogP) is 1.79. The van der Waals surface area contributed by atoms with E-state index < -0.39 is 12.0 Å². The minimum absolute atomic E-state index is 0.187. The Morgan fingerprint density at radius 2 is 2.00 bits per heavy atom. The first-order valence-corrected chi connectivity index (χ1v) is 10.7. The molecule has 11 heteroatoms. The van der Waals surface area contributed by atoms with Crippen LogP contribution in [-0.2, 0) is 22.7 Å². The smallest absolute Gasteiger partial charge is 0.305 e. The quantitative estimate of drug-likeness (QED) is 0.519. The summed E-state index contributed by atoms with van der Waals surface area (Å²) in [5.74, 6) is 0.328. The number of aromatic nitrogens is 2. The number of hydrogen-bond donors (Lipinski definition) is 3. The number of carbonyl (C=O) groups is 3. The molecule has 2 aliphatic rings. The van der Waals surface area contributed by atoms with Crippen LogP contribution in [0.5, 0.6) is 11.5 Å². The van der Waals surface area contributed by atoms with Crippen LogP contribution < -0.4 is 14.8 Å². The van der Waals surface area contributed by atoms with E-state index in [1.165, 1.54) is 4.90 Å². The van der Waals surface area contributed by atoms with E-state index in [1.807, 2.05) is 6.07 Å². The lowest BCUT2D eigenvalue weighted by molar-refractivity contribution is -0.141. The van der Waals surface area contributed by atoms with Gasteiger partial charge < -0.3 is 34.7 Å². The maximum Gasteiger partial charge on any atom is 0.305 e. The number of carboxylic acids is 1. The Morgan fingerprint density at radius 1 is 1.24 bits per heavy atom. The van der Waals surface area contributed by atoms with E-state index in [9.17, 15) is 14.4 Å². The van der Waals surface area contributed by atoms with Crippen LogP contribution in [0.4, 0.5) is 5.69 Å². The first-order chi connectivity index (χ1) is 16.3. The summed E-state index contributed by atoms with van der Waals surface area (Å²) in [4.78, 5) is 47.5. The Hall–Kier alpha value is -4.28. The van der Waals surface area contributed by atoms with Crippen molar-refractivity contribution in [3.05, 3.63) is 47.3 Å². The number of carbonyl (C=O) groups excluding carboxylic acids is 2. The molecule has 3 aromatic rings. The number of anilines is 1. The molecule has 5 rings (SSSR count). The number of benzene rings is 2. The molecule has 1 atom stereocenters. The second-order valence-corrected chi connectivity index (χ2v) is 8.43. The maximum atomic E-state index is 13.1. The van der Waals surface area contributed by atoms with E-state index in [1.54, 1.807) is 43.3 Å². The molecule has 176 valence electrons. The zero-order valence-electron chi connectivity index (χ0n) is 18.6. The van der Waals surface area contributed by atoms with Crippen LogP contribution in [-0.4, -0.2) is 69.6 Å². The number of amides is 2. The number of hydrogen-bond acceptors (Lipinski definition) is 7. The molecule has 0 saturated heterocycles. The highest BCUT2D eigenvalue weighted by molar-refractivity contribution is 5.95. The Kier molecular flexibility index (Phi) is 5.23. The summed E-state index contributed by atoms with van der Waals surface area (Å²) in [6, 6.07) is 7.86. The summed E-state index contributed by atoms with van der Waals surface area (Å²) in [6.07, 6.45) is -0.329. The normalized spacial score (nSPS) is 16.7. The number of nitrogens with zero attached hydrogens (tertiary/aromatic N) is 3. The molecule has 0 spiro atoms. The molecule has 0 radical (unpaired) electrons. The van der Waals surface area contributed by atoms with Crippen molar-refractivity contribution in [1.29, 1.82) is 0 Å². The molecule has 0 unspecified atom stereocenters. The molecule has 0 saturated carbocycles. The molecule has 3 heterocycles. The van der Waals surface area contributed by atoms with E-state index in [0.717, 1.165) is 16.6 Å². The molecule has 0 aliphatic carbocycles. The minimum atomic E-state index is -1.06. The van der Waals surface area contributed by atoms with Gasteiger partial charge in [0, 0.05) is 44.0 Å². The number of aliphatic carboxylic acids is 1. The number of carboxylic acid groups (broad SMARTS) is 1. The standard InChI is InChI=1S/C23H23N5O6/c1-27-9-13-5-12(3-4-14(13)24-17(23(27)32)8-21(29)30)22(31)28(2)10-20-25-15-6-18-19(34-11-33-18)7-16(15)26-20/h3-7,17,24H,8-11H2,1-2H3,(H,25,26)(H,29,30)/t17-/m0/s1. The first-order valence-electron chi connectivity index (χ1n) is 10.7. The average molecular weight is 465 g/mol. The topological polar surface area (TPSA) is 137 Å². The van der Waals surface area contributed by atoms with Gasteiger partial charge in [0.05, 0.1) is 24.0 Å². The van der Waals surface area contributed by atoms with Crippen LogP contribution in [0, 0.1) is 0 Å². The molecule has 2 aromatic carbocycles. The Morgan fingerprint density at radius 3 is 2.76 bits per heavy atom. The summed E-state index contributed by atoms with van der Waals surface area (Å²) >= 11 is 0. The Labute approximate surface area is 194 Å². The number of imidazole rings is 1. The van der Waals surface area contributed by atoms with Gasteiger partial charge in [-0.2, -0.15) is 0 Å². The van der Waals surface area contributed by atoms with Gasteiger partial charge in [0.1, 0.15) is 11.9 Å². The largest absolute Gasteiger partial charge is 0.481 e. The number of nitrogens with one attached hydrogen (secondary N) is 2. The lowest BCUT2D eigenvalue weighted by Crippen LogP contribution is -2.39. The third-order valence-electron chi connectivity index (χ3n) is 5.90. The molecular formula is C23H23N5O6. The van der Waals surface area contributed by atoms with Gasteiger partial charge in [0.15, 0.2) is 11.5 Å². The summed E-state index contributed by atoms with van der Waals surface area (Å²) < 4.78 is 10.8. The third-order valence-corrected chi connectivity index (χ3v) is 5.90. The van der Waals surface area contributed by atoms with Gasteiger partial charge in [-0.15, -0.1) is 0 Å². The third kappa shape index (κ3) is 3.96. The van der Waals surface area contributed by atoms with Crippen molar-refractivity contribution in [3.8, 4) is 11.5 Å². The number of ether oxygens (including phenoxy) is 2. The zero-order valence-corrected chi connectivity index (χ0v) is 18.6. The van der Waals surface area contributed by atoms with Crippen molar-refractivity contribution in [2.75, 3.05) is 26.2 Å². The highest BCUT2D eigenvalue weighted by Crippen LogP contribution is 2.35. The molecule has 34 heavy (non-hydrogen) atoms. The molecular weight excluding hydrogens is 442 g/mol. The molecule has 0 fully saturated rings. The van der Waals surface area contributed by atoms with E-state index in [2.05, 4.69) is 15.3 Å². The Bertz CT molecular complexity index is 1280. The fourth-order valence-corrected chi connectivity index (χ4v) is 4.20. The summed E-state index contributed by atoms with van der Waals surface area (Å²) in [5.41, 5.74) is 3.34. The summed E-state index contributed by atoms with van der Waals surface area (Å²) in [7, 11) is 3.30. The van der Waals surface area contributed by atoms with Crippen LogP contribution in [0.1, 0.15) is 28.2 Å². The number of H-pyrrole nitrogens is 1. The van der Waals surface area contributed by atoms with Crippen molar-refractivity contribution in [3.63, 3.8) is 0 Å². The first kappa shape index (κ1) is 21.6. The van der Waals surface area contributed by atoms with Gasteiger partial charge in [-0.25, -0.2) is 4.98 Å².